The van der Waals surface area contributed by atoms with Crippen molar-refractivity contribution >= 4 is 34.7 Å². The van der Waals surface area contributed by atoms with Crippen molar-refractivity contribution in [2.75, 3.05) is 4.90 Å². The SMILES string of the molecule is Cc1cc(C)c(C2C(C#N)=C(N)N(c3cc(Cl)ccc3C)C3=C2C(=O)CCC3)cc1COc1ccc(F)cc1Cl. The summed E-state index contributed by atoms with van der Waals surface area (Å²) in [7, 11) is 0. The topological polar surface area (TPSA) is 79.4 Å². The fraction of sp³-hybridized carbons (Fsp3) is 0.250. The predicted molar refractivity (Wildman–Crippen MR) is 156 cm³/mol. The maximum Gasteiger partial charge on any atom is 0.161 e. The summed E-state index contributed by atoms with van der Waals surface area (Å²) < 4.78 is 19.4. The van der Waals surface area contributed by atoms with Gasteiger partial charge in [0, 0.05) is 22.7 Å². The molecule has 8 heteroatoms. The molecule has 0 fully saturated rings. The molecule has 5 rings (SSSR count). The Morgan fingerprint density at radius 1 is 1.05 bits per heavy atom. The van der Waals surface area contributed by atoms with Crippen LogP contribution >= 0.6 is 23.2 Å². The lowest BCUT2D eigenvalue weighted by Gasteiger charge is -2.40. The minimum absolute atomic E-state index is 0.00653. The Hall–Kier alpha value is -3.79. The molecule has 3 aromatic carbocycles. The van der Waals surface area contributed by atoms with Crippen molar-refractivity contribution in [1.29, 1.82) is 5.26 Å². The molecule has 0 amide bonds. The van der Waals surface area contributed by atoms with Gasteiger partial charge in [0.25, 0.3) is 0 Å². The van der Waals surface area contributed by atoms with Crippen molar-refractivity contribution in [2.24, 2.45) is 5.73 Å². The summed E-state index contributed by atoms with van der Waals surface area (Å²) in [5.74, 6) is -0.393. The molecule has 3 aromatic rings. The fourth-order valence-electron chi connectivity index (χ4n) is 5.63. The van der Waals surface area contributed by atoms with Gasteiger partial charge in [-0.3, -0.25) is 9.69 Å². The average molecular weight is 576 g/mol. The molecule has 1 aliphatic heterocycles. The monoisotopic (exact) mass is 575 g/mol. The maximum absolute atomic E-state index is 13.6. The van der Waals surface area contributed by atoms with Crippen molar-refractivity contribution in [2.45, 2.75) is 52.6 Å². The molecule has 0 aromatic heterocycles. The standard InChI is InChI=1S/C32H28Cl2FN3O2/c1-17-7-8-21(33)13-27(17)38-26-5-4-6-28(39)31(26)30(24(15-36)32(38)37)23-12-20(18(2)11-19(23)3)16-40-29-10-9-22(35)14-25(29)34/h7-14,30H,4-6,16,37H2,1-3H3. The number of Topliss-reactive ketones (excluding diaryl/α,β-unsaturated/α-hetero) is 1. The van der Waals surface area contributed by atoms with Crippen molar-refractivity contribution in [3.05, 3.63) is 115 Å². The van der Waals surface area contributed by atoms with Crippen LogP contribution in [0.1, 0.15) is 53.0 Å². The number of nitrogens with zero attached hydrogens (tertiary/aromatic N) is 2. The van der Waals surface area contributed by atoms with Crippen LogP contribution in [0.3, 0.4) is 0 Å². The van der Waals surface area contributed by atoms with Gasteiger partial charge in [0.05, 0.1) is 28.3 Å². The first-order chi connectivity index (χ1) is 19.1. The number of nitrogens with two attached hydrogens (primary N) is 1. The molecule has 1 atom stereocenters. The second kappa shape index (κ2) is 11.0. The van der Waals surface area contributed by atoms with E-state index < -0.39 is 11.7 Å². The number of hydrogen-bond acceptors (Lipinski definition) is 5. The van der Waals surface area contributed by atoms with Gasteiger partial charge in [0.1, 0.15) is 24.0 Å². The predicted octanol–water partition coefficient (Wildman–Crippen LogP) is 7.94. The van der Waals surface area contributed by atoms with E-state index in [1.165, 1.54) is 18.2 Å². The highest BCUT2D eigenvalue weighted by molar-refractivity contribution is 6.32. The highest BCUT2D eigenvalue weighted by Crippen LogP contribution is 2.48. The Balaban J connectivity index is 1.64. The van der Waals surface area contributed by atoms with Gasteiger partial charge in [-0.05, 0) is 91.8 Å². The fourth-order valence-corrected chi connectivity index (χ4v) is 6.01. The lowest BCUT2D eigenvalue weighted by Crippen LogP contribution is -2.39. The molecule has 2 N–H and O–H groups in total. The minimum atomic E-state index is -0.614. The zero-order valence-electron chi connectivity index (χ0n) is 22.4. The highest BCUT2D eigenvalue weighted by atomic mass is 35.5. The molecule has 1 heterocycles. The smallest absolute Gasteiger partial charge is 0.161 e. The van der Waals surface area contributed by atoms with E-state index in [0.29, 0.717) is 47.0 Å². The van der Waals surface area contributed by atoms with Crippen LogP contribution in [-0.2, 0) is 11.4 Å². The molecule has 0 spiro atoms. The number of allylic oxidation sites excluding steroid dienone is 3. The second-order valence-corrected chi connectivity index (χ2v) is 11.1. The van der Waals surface area contributed by atoms with Gasteiger partial charge in [-0.1, -0.05) is 41.4 Å². The average Bonchev–Trinajstić information content (AvgIpc) is 2.90. The molecular weight excluding hydrogens is 548 g/mol. The van der Waals surface area contributed by atoms with E-state index in [2.05, 4.69) is 6.07 Å². The number of ketones is 1. The van der Waals surface area contributed by atoms with Gasteiger partial charge < -0.3 is 10.5 Å². The Morgan fingerprint density at radius 2 is 1.82 bits per heavy atom. The third-order valence-corrected chi connectivity index (χ3v) is 8.17. The van der Waals surface area contributed by atoms with Gasteiger partial charge >= 0.3 is 0 Å². The summed E-state index contributed by atoms with van der Waals surface area (Å²) in [6.07, 6.45) is 1.74. The van der Waals surface area contributed by atoms with Crippen LogP contribution in [0.5, 0.6) is 5.75 Å². The lowest BCUT2D eigenvalue weighted by atomic mass is 9.74. The van der Waals surface area contributed by atoms with E-state index in [9.17, 15) is 14.4 Å². The molecular formula is C32H28Cl2FN3O2. The number of anilines is 1. The van der Waals surface area contributed by atoms with Crippen molar-refractivity contribution in [1.82, 2.24) is 0 Å². The lowest BCUT2D eigenvalue weighted by molar-refractivity contribution is -0.116. The third kappa shape index (κ3) is 4.96. The van der Waals surface area contributed by atoms with Crippen molar-refractivity contribution < 1.29 is 13.9 Å². The number of halogens is 3. The van der Waals surface area contributed by atoms with Crippen LogP contribution in [0.4, 0.5) is 10.1 Å². The van der Waals surface area contributed by atoms with Gasteiger partial charge in [0.2, 0.25) is 0 Å². The molecule has 2 aliphatic rings. The third-order valence-electron chi connectivity index (χ3n) is 7.64. The number of aryl methyl sites for hydroxylation is 3. The molecule has 204 valence electrons. The first-order valence-corrected chi connectivity index (χ1v) is 13.8. The molecule has 0 saturated carbocycles. The molecule has 0 radical (unpaired) electrons. The van der Waals surface area contributed by atoms with E-state index in [1.807, 2.05) is 49.9 Å². The van der Waals surface area contributed by atoms with Gasteiger partial charge in [-0.2, -0.15) is 5.26 Å². The Bertz CT molecular complexity index is 1650. The number of nitriles is 1. The maximum atomic E-state index is 13.6. The summed E-state index contributed by atoms with van der Waals surface area (Å²) in [4.78, 5) is 15.4. The number of rotatable bonds is 5. The Morgan fingerprint density at radius 3 is 2.55 bits per heavy atom. The largest absolute Gasteiger partial charge is 0.487 e. The van der Waals surface area contributed by atoms with E-state index in [0.717, 1.165) is 39.2 Å². The van der Waals surface area contributed by atoms with Gasteiger partial charge in [0.15, 0.2) is 5.78 Å². The van der Waals surface area contributed by atoms with E-state index in [-0.39, 0.29) is 17.4 Å². The first-order valence-electron chi connectivity index (χ1n) is 13.0. The van der Waals surface area contributed by atoms with Crippen LogP contribution in [0.15, 0.2) is 71.2 Å². The molecule has 1 aliphatic carbocycles. The summed E-state index contributed by atoms with van der Waals surface area (Å²) >= 11 is 12.5. The summed E-state index contributed by atoms with van der Waals surface area (Å²) in [5.41, 5.74) is 13.8. The second-order valence-electron chi connectivity index (χ2n) is 10.2. The van der Waals surface area contributed by atoms with Gasteiger partial charge in [-0.25, -0.2) is 4.39 Å². The van der Waals surface area contributed by atoms with Crippen LogP contribution in [-0.4, -0.2) is 5.78 Å². The van der Waals surface area contributed by atoms with E-state index in [1.54, 1.807) is 6.07 Å². The van der Waals surface area contributed by atoms with E-state index in [4.69, 9.17) is 33.7 Å². The van der Waals surface area contributed by atoms with Crippen molar-refractivity contribution in [3.63, 3.8) is 0 Å². The van der Waals surface area contributed by atoms with E-state index >= 15 is 0 Å². The summed E-state index contributed by atoms with van der Waals surface area (Å²) in [6.45, 7) is 6.06. The molecule has 0 bridgehead atoms. The number of benzene rings is 3. The normalized spacial score (nSPS) is 17.2. The van der Waals surface area contributed by atoms with Crippen LogP contribution in [0.2, 0.25) is 10.0 Å². The van der Waals surface area contributed by atoms with Crippen LogP contribution in [0, 0.1) is 37.9 Å². The number of hydrogen-bond donors (Lipinski definition) is 1. The molecule has 5 nitrogen and oxygen atoms in total. The summed E-state index contributed by atoms with van der Waals surface area (Å²) in [5, 5.41) is 11.2. The molecule has 40 heavy (non-hydrogen) atoms. The first kappa shape index (κ1) is 27.8. The zero-order valence-corrected chi connectivity index (χ0v) is 24.0. The Kier molecular flexibility index (Phi) is 7.63. The summed E-state index contributed by atoms with van der Waals surface area (Å²) in [6, 6.07) is 15.8. The van der Waals surface area contributed by atoms with Crippen molar-refractivity contribution in [3.8, 4) is 11.8 Å². The number of carbonyl (C=O) groups excluding carboxylic acids is 1. The van der Waals surface area contributed by atoms with Crippen LogP contribution in [0.25, 0.3) is 0 Å². The van der Waals surface area contributed by atoms with Crippen LogP contribution < -0.4 is 15.4 Å². The molecule has 1 unspecified atom stereocenters. The number of carbonyl (C=O) groups is 1. The number of ether oxygens (including phenoxy) is 1. The Labute approximate surface area is 243 Å². The zero-order chi connectivity index (χ0) is 28.7. The quantitative estimate of drug-likeness (QED) is 0.334. The molecule has 0 saturated heterocycles. The highest BCUT2D eigenvalue weighted by Gasteiger charge is 2.41. The minimum Gasteiger partial charge on any atom is -0.487 e. The van der Waals surface area contributed by atoms with Gasteiger partial charge in [-0.15, -0.1) is 0 Å².